The molecule has 0 bridgehead atoms. The van der Waals surface area contributed by atoms with Crippen molar-refractivity contribution in [2.45, 2.75) is 32.2 Å². The van der Waals surface area contributed by atoms with Gasteiger partial charge >= 0.3 is 0 Å². The first-order valence-corrected chi connectivity index (χ1v) is 8.75. The zero-order valence-electron chi connectivity index (χ0n) is 11.0. The standard InChI is InChI=1S/C13H19BrN2O2S/c1-11(12-5-7-13(14)8-6-12)15-19(17,18)16-9-3-2-4-10-16/h5-8,11,15H,2-4,9-10H2,1H3. The largest absolute Gasteiger partial charge is 0.279 e. The Morgan fingerprint density at radius 1 is 1.16 bits per heavy atom. The minimum atomic E-state index is -3.37. The fraction of sp³-hybridized carbons (Fsp3) is 0.538. The van der Waals surface area contributed by atoms with Crippen LogP contribution in [0.2, 0.25) is 0 Å². The van der Waals surface area contributed by atoms with Crippen LogP contribution in [-0.2, 0) is 10.2 Å². The average molecular weight is 347 g/mol. The molecule has 1 atom stereocenters. The van der Waals surface area contributed by atoms with Gasteiger partial charge in [0.15, 0.2) is 0 Å². The number of piperidine rings is 1. The molecule has 19 heavy (non-hydrogen) atoms. The van der Waals surface area contributed by atoms with E-state index in [4.69, 9.17) is 0 Å². The topological polar surface area (TPSA) is 49.4 Å². The van der Waals surface area contributed by atoms with E-state index in [1.807, 2.05) is 31.2 Å². The molecule has 1 aliphatic rings. The number of hydrogen-bond acceptors (Lipinski definition) is 2. The summed E-state index contributed by atoms with van der Waals surface area (Å²) in [6.45, 7) is 3.12. The van der Waals surface area contributed by atoms with Gasteiger partial charge in [-0.3, -0.25) is 0 Å². The quantitative estimate of drug-likeness (QED) is 0.911. The molecule has 106 valence electrons. The summed E-state index contributed by atoms with van der Waals surface area (Å²) in [6, 6.07) is 7.46. The van der Waals surface area contributed by atoms with Crippen molar-refractivity contribution in [3.05, 3.63) is 34.3 Å². The third-order valence-corrected chi connectivity index (χ3v) is 5.58. The second kappa shape index (κ2) is 6.35. The van der Waals surface area contributed by atoms with Crippen molar-refractivity contribution in [2.24, 2.45) is 0 Å². The summed E-state index contributed by atoms with van der Waals surface area (Å²) >= 11 is 3.37. The fourth-order valence-electron chi connectivity index (χ4n) is 2.22. The van der Waals surface area contributed by atoms with Gasteiger partial charge in [0.25, 0.3) is 10.2 Å². The van der Waals surface area contributed by atoms with Crippen LogP contribution in [0.25, 0.3) is 0 Å². The van der Waals surface area contributed by atoms with Crippen molar-refractivity contribution >= 4 is 26.1 Å². The highest BCUT2D eigenvalue weighted by molar-refractivity contribution is 9.10. The van der Waals surface area contributed by atoms with Crippen LogP contribution in [0.4, 0.5) is 0 Å². The van der Waals surface area contributed by atoms with E-state index in [9.17, 15) is 8.42 Å². The number of halogens is 1. The smallest absolute Gasteiger partial charge is 0.195 e. The first kappa shape index (κ1) is 15.0. The van der Waals surface area contributed by atoms with Crippen LogP contribution in [0.15, 0.2) is 28.7 Å². The summed E-state index contributed by atoms with van der Waals surface area (Å²) < 4.78 is 29.8. The highest BCUT2D eigenvalue weighted by Crippen LogP contribution is 2.19. The van der Waals surface area contributed by atoms with Crippen LogP contribution in [0.5, 0.6) is 0 Å². The molecule has 1 heterocycles. The summed E-state index contributed by atoms with van der Waals surface area (Å²) in [5.41, 5.74) is 0.962. The summed E-state index contributed by atoms with van der Waals surface area (Å²) in [5.74, 6) is 0. The number of nitrogens with one attached hydrogen (secondary N) is 1. The second-order valence-corrected chi connectivity index (χ2v) is 7.47. The van der Waals surface area contributed by atoms with Gasteiger partial charge in [0, 0.05) is 23.6 Å². The molecule has 1 saturated heterocycles. The highest BCUT2D eigenvalue weighted by Gasteiger charge is 2.25. The van der Waals surface area contributed by atoms with Crippen LogP contribution in [-0.4, -0.2) is 25.8 Å². The zero-order chi connectivity index (χ0) is 13.9. The lowest BCUT2D eigenvalue weighted by molar-refractivity contribution is 0.339. The van der Waals surface area contributed by atoms with E-state index in [2.05, 4.69) is 20.7 Å². The third-order valence-electron chi connectivity index (χ3n) is 3.35. The van der Waals surface area contributed by atoms with E-state index in [1.54, 1.807) is 4.31 Å². The normalized spacial score (nSPS) is 19.3. The molecule has 1 unspecified atom stereocenters. The van der Waals surface area contributed by atoms with E-state index in [0.717, 1.165) is 29.3 Å². The highest BCUT2D eigenvalue weighted by atomic mass is 79.9. The maximum atomic E-state index is 12.2. The van der Waals surface area contributed by atoms with Crippen LogP contribution in [0.1, 0.15) is 37.8 Å². The van der Waals surface area contributed by atoms with E-state index in [0.29, 0.717) is 13.1 Å². The van der Waals surface area contributed by atoms with Crippen molar-refractivity contribution < 1.29 is 8.42 Å². The van der Waals surface area contributed by atoms with Gasteiger partial charge in [0.05, 0.1) is 0 Å². The summed E-state index contributed by atoms with van der Waals surface area (Å²) in [6.07, 6.45) is 3.02. The predicted octanol–water partition coefficient (Wildman–Crippen LogP) is 2.83. The molecule has 1 aromatic carbocycles. The van der Waals surface area contributed by atoms with Gasteiger partial charge in [-0.1, -0.05) is 34.5 Å². The minimum absolute atomic E-state index is 0.222. The molecule has 0 radical (unpaired) electrons. The summed E-state index contributed by atoms with van der Waals surface area (Å²) in [7, 11) is -3.37. The molecule has 0 saturated carbocycles. The number of rotatable bonds is 4. The van der Waals surface area contributed by atoms with Crippen LogP contribution in [0, 0.1) is 0 Å². The van der Waals surface area contributed by atoms with Crippen molar-refractivity contribution in [3.8, 4) is 0 Å². The molecular formula is C13H19BrN2O2S. The molecule has 4 nitrogen and oxygen atoms in total. The monoisotopic (exact) mass is 346 g/mol. The first-order valence-electron chi connectivity index (χ1n) is 6.52. The Bertz CT molecular complexity index is 510. The predicted molar refractivity (Wildman–Crippen MR) is 80.0 cm³/mol. The Balaban J connectivity index is 2.04. The van der Waals surface area contributed by atoms with Gasteiger partial charge in [-0.2, -0.15) is 17.4 Å². The van der Waals surface area contributed by atoms with Crippen molar-refractivity contribution in [1.29, 1.82) is 0 Å². The van der Waals surface area contributed by atoms with E-state index in [-0.39, 0.29) is 6.04 Å². The van der Waals surface area contributed by atoms with Crippen LogP contribution >= 0.6 is 15.9 Å². The molecule has 2 rings (SSSR count). The molecular weight excluding hydrogens is 328 g/mol. The molecule has 1 N–H and O–H groups in total. The average Bonchev–Trinajstić information content (AvgIpc) is 2.40. The Labute approximate surface area is 123 Å². The maximum Gasteiger partial charge on any atom is 0.279 e. The van der Waals surface area contributed by atoms with E-state index in [1.165, 1.54) is 0 Å². The number of hydrogen-bond donors (Lipinski definition) is 1. The lowest BCUT2D eigenvalue weighted by atomic mass is 10.1. The molecule has 0 aliphatic carbocycles. The summed E-state index contributed by atoms with van der Waals surface area (Å²) in [5, 5.41) is 0. The first-order chi connectivity index (χ1) is 8.99. The van der Waals surface area contributed by atoms with Crippen LogP contribution in [0.3, 0.4) is 0 Å². The second-order valence-electron chi connectivity index (χ2n) is 4.86. The SMILES string of the molecule is CC(NS(=O)(=O)N1CCCCC1)c1ccc(Br)cc1. The van der Waals surface area contributed by atoms with Crippen molar-refractivity contribution in [2.75, 3.05) is 13.1 Å². The maximum absolute atomic E-state index is 12.2. The molecule has 0 aromatic heterocycles. The minimum Gasteiger partial charge on any atom is -0.195 e. The van der Waals surface area contributed by atoms with Gasteiger partial charge in [-0.25, -0.2) is 0 Å². The van der Waals surface area contributed by atoms with Gasteiger partial charge in [-0.15, -0.1) is 0 Å². The Hall–Kier alpha value is -0.430. The number of nitrogens with zero attached hydrogens (tertiary/aromatic N) is 1. The van der Waals surface area contributed by atoms with Crippen LogP contribution < -0.4 is 4.72 Å². The lowest BCUT2D eigenvalue weighted by Gasteiger charge is -2.27. The van der Waals surface area contributed by atoms with Gasteiger partial charge in [0.2, 0.25) is 0 Å². The molecule has 6 heteroatoms. The molecule has 0 spiro atoms. The van der Waals surface area contributed by atoms with Gasteiger partial charge in [-0.05, 0) is 37.5 Å². The molecule has 1 fully saturated rings. The lowest BCUT2D eigenvalue weighted by Crippen LogP contribution is -2.44. The van der Waals surface area contributed by atoms with Crippen molar-refractivity contribution in [3.63, 3.8) is 0 Å². The Kier molecular flexibility index (Phi) is 5.00. The fourth-order valence-corrected chi connectivity index (χ4v) is 3.96. The van der Waals surface area contributed by atoms with Crippen molar-refractivity contribution in [1.82, 2.24) is 9.03 Å². The van der Waals surface area contributed by atoms with E-state index >= 15 is 0 Å². The number of benzene rings is 1. The Morgan fingerprint density at radius 2 is 1.74 bits per heavy atom. The molecule has 0 amide bonds. The van der Waals surface area contributed by atoms with Gasteiger partial charge < -0.3 is 0 Å². The summed E-state index contributed by atoms with van der Waals surface area (Å²) in [4.78, 5) is 0. The molecule has 1 aliphatic heterocycles. The van der Waals surface area contributed by atoms with E-state index < -0.39 is 10.2 Å². The van der Waals surface area contributed by atoms with Gasteiger partial charge in [0.1, 0.15) is 0 Å². The Morgan fingerprint density at radius 3 is 2.32 bits per heavy atom. The zero-order valence-corrected chi connectivity index (χ0v) is 13.4. The molecule has 1 aromatic rings. The third kappa shape index (κ3) is 4.02.